The van der Waals surface area contributed by atoms with Gasteiger partial charge in [0, 0.05) is 24.3 Å². The SMILES string of the molecule is CCOc1cc2c(cc1O)C(=O)CCC1C2CC[C@@]2(C)C1CC[C@@H]2OC(C)=O. The highest BCUT2D eigenvalue weighted by molar-refractivity contribution is 5.98. The van der Waals surface area contributed by atoms with Crippen LogP contribution in [0.1, 0.15) is 81.1 Å². The summed E-state index contributed by atoms with van der Waals surface area (Å²) in [6.07, 6.45) is 5.23. The number of phenolic OH excluding ortho intramolecular Hbond substituents is 1. The van der Waals surface area contributed by atoms with Gasteiger partial charge in [0.05, 0.1) is 6.61 Å². The number of fused-ring (bicyclic) bond motifs is 5. The van der Waals surface area contributed by atoms with Crippen LogP contribution < -0.4 is 4.74 Å². The zero-order valence-electron chi connectivity index (χ0n) is 17.0. The molecule has 2 fully saturated rings. The molecule has 3 unspecified atom stereocenters. The third kappa shape index (κ3) is 2.99. The summed E-state index contributed by atoms with van der Waals surface area (Å²) in [5.74, 6) is 1.54. The van der Waals surface area contributed by atoms with Crippen LogP contribution in [0.15, 0.2) is 12.1 Å². The molecule has 5 atom stereocenters. The van der Waals surface area contributed by atoms with E-state index in [9.17, 15) is 14.7 Å². The van der Waals surface area contributed by atoms with Crippen LogP contribution in [0.25, 0.3) is 0 Å². The Balaban J connectivity index is 1.71. The topological polar surface area (TPSA) is 72.8 Å². The van der Waals surface area contributed by atoms with Crippen LogP contribution in [-0.4, -0.2) is 29.6 Å². The van der Waals surface area contributed by atoms with Crippen molar-refractivity contribution in [2.75, 3.05) is 6.61 Å². The van der Waals surface area contributed by atoms with E-state index < -0.39 is 0 Å². The average Bonchev–Trinajstić information content (AvgIpc) is 2.90. The van der Waals surface area contributed by atoms with Crippen molar-refractivity contribution < 1.29 is 24.2 Å². The van der Waals surface area contributed by atoms with E-state index in [-0.39, 0.29) is 34.9 Å². The van der Waals surface area contributed by atoms with Crippen LogP contribution in [0.2, 0.25) is 0 Å². The molecule has 0 heterocycles. The second-order valence-corrected chi connectivity index (χ2v) is 8.90. The molecular weight excluding hydrogens is 356 g/mol. The first kappa shape index (κ1) is 19.3. The van der Waals surface area contributed by atoms with Gasteiger partial charge in [0.25, 0.3) is 0 Å². The van der Waals surface area contributed by atoms with Crippen LogP contribution in [0, 0.1) is 17.3 Å². The highest BCUT2D eigenvalue weighted by atomic mass is 16.5. The molecule has 28 heavy (non-hydrogen) atoms. The van der Waals surface area contributed by atoms with Crippen molar-refractivity contribution in [1.29, 1.82) is 0 Å². The number of esters is 1. The minimum Gasteiger partial charge on any atom is -0.504 e. The van der Waals surface area contributed by atoms with Crippen molar-refractivity contribution in [3.05, 3.63) is 23.3 Å². The van der Waals surface area contributed by atoms with Crippen LogP contribution in [0.4, 0.5) is 0 Å². The van der Waals surface area contributed by atoms with Gasteiger partial charge in [-0.1, -0.05) is 6.92 Å². The summed E-state index contributed by atoms with van der Waals surface area (Å²) in [4.78, 5) is 24.4. The molecule has 1 aromatic rings. The van der Waals surface area contributed by atoms with Crippen molar-refractivity contribution >= 4 is 11.8 Å². The maximum Gasteiger partial charge on any atom is 0.302 e. The minimum absolute atomic E-state index is 0.0138. The molecule has 3 aliphatic carbocycles. The molecule has 0 radical (unpaired) electrons. The lowest BCUT2D eigenvalue weighted by atomic mass is 9.58. The maximum absolute atomic E-state index is 12.8. The molecule has 3 aliphatic rings. The minimum atomic E-state index is -0.202. The number of benzene rings is 1. The fraction of sp³-hybridized carbons (Fsp3) is 0.652. The number of Topliss-reactive ketones (excluding diaryl/α,β-unsaturated/α-hetero) is 1. The first-order valence-corrected chi connectivity index (χ1v) is 10.5. The zero-order chi connectivity index (χ0) is 20.1. The van der Waals surface area contributed by atoms with Crippen LogP contribution in [-0.2, 0) is 9.53 Å². The third-order valence-corrected chi connectivity index (χ3v) is 7.49. The molecule has 0 saturated heterocycles. The monoisotopic (exact) mass is 386 g/mol. The molecule has 5 heteroatoms. The van der Waals surface area contributed by atoms with Crippen molar-refractivity contribution in [2.24, 2.45) is 17.3 Å². The van der Waals surface area contributed by atoms with Gasteiger partial charge in [0.15, 0.2) is 17.3 Å². The van der Waals surface area contributed by atoms with Crippen molar-refractivity contribution in [2.45, 2.75) is 71.3 Å². The first-order chi connectivity index (χ1) is 13.3. The Morgan fingerprint density at radius 3 is 2.75 bits per heavy atom. The highest BCUT2D eigenvalue weighted by Crippen LogP contribution is 2.61. The van der Waals surface area contributed by atoms with Crippen LogP contribution >= 0.6 is 0 Å². The second-order valence-electron chi connectivity index (χ2n) is 8.90. The summed E-state index contributed by atoms with van der Waals surface area (Å²) in [6, 6.07) is 3.51. The van der Waals surface area contributed by atoms with Crippen molar-refractivity contribution in [3.63, 3.8) is 0 Å². The molecule has 0 aromatic heterocycles. The molecule has 0 amide bonds. The highest BCUT2D eigenvalue weighted by Gasteiger charge is 2.56. The number of hydrogen-bond acceptors (Lipinski definition) is 5. The second kappa shape index (κ2) is 7.09. The molecule has 4 rings (SSSR count). The molecule has 0 aliphatic heterocycles. The summed E-state index contributed by atoms with van der Waals surface area (Å²) in [7, 11) is 0. The molecule has 1 N–H and O–H groups in total. The van der Waals surface area contributed by atoms with E-state index >= 15 is 0 Å². The number of rotatable bonds is 3. The standard InChI is InChI=1S/C23H30O5/c1-4-27-21-12-16-14-9-10-23(3)18(6-8-22(23)28-13(2)24)15(14)5-7-19(25)17(16)11-20(21)26/h11-12,14-15,18,22,26H,4-10H2,1-3H3/t14?,15?,18?,22-,23-/m0/s1. The number of carbonyl (C=O) groups is 2. The van der Waals surface area contributed by atoms with Crippen molar-refractivity contribution in [1.82, 2.24) is 0 Å². The van der Waals surface area contributed by atoms with Crippen LogP contribution in [0.3, 0.4) is 0 Å². The van der Waals surface area contributed by atoms with Gasteiger partial charge in [0.1, 0.15) is 6.10 Å². The molecule has 0 bridgehead atoms. The molecule has 0 spiro atoms. The van der Waals surface area contributed by atoms with E-state index in [0.717, 1.165) is 37.7 Å². The van der Waals surface area contributed by atoms with Gasteiger partial charge in [-0.3, -0.25) is 9.59 Å². The summed E-state index contributed by atoms with van der Waals surface area (Å²) in [5.41, 5.74) is 1.68. The largest absolute Gasteiger partial charge is 0.504 e. The number of aromatic hydroxyl groups is 1. The number of ether oxygens (including phenoxy) is 2. The van der Waals surface area contributed by atoms with Gasteiger partial charge < -0.3 is 14.6 Å². The van der Waals surface area contributed by atoms with Crippen molar-refractivity contribution in [3.8, 4) is 11.5 Å². The summed E-state index contributed by atoms with van der Waals surface area (Å²) in [5, 5.41) is 10.3. The van der Waals surface area contributed by atoms with Gasteiger partial charge in [-0.2, -0.15) is 0 Å². The summed E-state index contributed by atoms with van der Waals surface area (Å²) < 4.78 is 11.3. The van der Waals surface area contributed by atoms with E-state index in [2.05, 4.69) is 6.92 Å². The van der Waals surface area contributed by atoms with E-state index in [1.165, 1.54) is 6.92 Å². The molecule has 152 valence electrons. The lowest BCUT2D eigenvalue weighted by Crippen LogP contribution is -2.43. The summed E-state index contributed by atoms with van der Waals surface area (Å²) in [6.45, 7) is 6.12. The Labute approximate surface area is 166 Å². The number of phenols is 1. The predicted molar refractivity (Wildman–Crippen MR) is 105 cm³/mol. The fourth-order valence-electron chi connectivity index (χ4n) is 6.26. The Morgan fingerprint density at radius 2 is 2.04 bits per heavy atom. The van der Waals surface area contributed by atoms with Gasteiger partial charge in [-0.15, -0.1) is 0 Å². The molecule has 1 aromatic carbocycles. The number of carbonyl (C=O) groups excluding carboxylic acids is 2. The number of ketones is 1. The average molecular weight is 386 g/mol. The lowest BCUT2D eigenvalue weighted by molar-refractivity contribution is -0.154. The Morgan fingerprint density at radius 1 is 1.25 bits per heavy atom. The summed E-state index contributed by atoms with van der Waals surface area (Å²) >= 11 is 0. The van der Waals surface area contributed by atoms with Gasteiger partial charge >= 0.3 is 5.97 Å². The van der Waals surface area contributed by atoms with Gasteiger partial charge in [0.2, 0.25) is 0 Å². The first-order valence-electron chi connectivity index (χ1n) is 10.5. The van der Waals surface area contributed by atoms with E-state index in [0.29, 0.717) is 36.2 Å². The normalized spacial score (nSPS) is 34.0. The maximum atomic E-state index is 12.8. The predicted octanol–water partition coefficient (Wildman–Crippen LogP) is 4.61. The molecule has 5 nitrogen and oxygen atoms in total. The quantitative estimate of drug-likeness (QED) is 0.768. The molecule has 2 saturated carbocycles. The smallest absolute Gasteiger partial charge is 0.302 e. The van der Waals surface area contributed by atoms with Crippen LogP contribution in [0.5, 0.6) is 11.5 Å². The van der Waals surface area contributed by atoms with Gasteiger partial charge in [-0.05, 0) is 74.5 Å². The number of hydrogen-bond donors (Lipinski definition) is 1. The Kier molecular flexibility index (Phi) is 4.88. The van der Waals surface area contributed by atoms with Gasteiger partial charge in [-0.25, -0.2) is 0 Å². The lowest BCUT2D eigenvalue weighted by Gasteiger charge is -2.48. The Bertz CT molecular complexity index is 800. The third-order valence-electron chi connectivity index (χ3n) is 7.49. The fourth-order valence-corrected chi connectivity index (χ4v) is 6.26. The van der Waals surface area contributed by atoms with E-state index in [1.54, 1.807) is 6.07 Å². The van der Waals surface area contributed by atoms with E-state index in [4.69, 9.17) is 9.47 Å². The Hall–Kier alpha value is -2.04. The zero-order valence-corrected chi connectivity index (χ0v) is 17.0. The molecular formula is C23H30O5. The van der Waals surface area contributed by atoms with E-state index in [1.807, 2.05) is 13.0 Å².